The lowest BCUT2D eigenvalue weighted by molar-refractivity contribution is 0.140. The van der Waals surface area contributed by atoms with E-state index in [0.717, 1.165) is 13.0 Å². The minimum Gasteiger partial charge on any atom is -0.395 e. The lowest BCUT2D eigenvalue weighted by Gasteiger charge is -2.25. The predicted molar refractivity (Wildman–Crippen MR) is 55.4 cm³/mol. The van der Waals surface area contributed by atoms with Gasteiger partial charge in [0.1, 0.15) is 0 Å². The molecular formula is C12H16O2. The number of benzene rings is 1. The molecule has 14 heavy (non-hydrogen) atoms. The first-order valence-electron chi connectivity index (χ1n) is 5.03. The Labute approximate surface area is 84.5 Å². The number of aliphatic hydroxyl groups is 1. The fourth-order valence-corrected chi connectivity index (χ4v) is 1.96. The van der Waals surface area contributed by atoms with Crippen molar-refractivity contribution in [2.45, 2.75) is 18.8 Å². The molecule has 2 heteroatoms. The summed E-state index contributed by atoms with van der Waals surface area (Å²) >= 11 is 0. The Morgan fingerprint density at radius 2 is 2.07 bits per heavy atom. The number of hydrogen-bond acceptors (Lipinski definition) is 2. The van der Waals surface area contributed by atoms with Crippen LogP contribution in [0.4, 0.5) is 0 Å². The van der Waals surface area contributed by atoms with Gasteiger partial charge in [-0.15, -0.1) is 0 Å². The van der Waals surface area contributed by atoms with E-state index in [9.17, 15) is 5.11 Å². The second-order valence-electron chi connectivity index (χ2n) is 4.11. The first kappa shape index (κ1) is 9.69. The van der Waals surface area contributed by atoms with Crippen molar-refractivity contribution >= 4 is 0 Å². The number of aryl methyl sites for hydroxylation is 1. The van der Waals surface area contributed by atoms with Gasteiger partial charge < -0.3 is 9.84 Å². The molecule has 0 saturated carbocycles. The summed E-state index contributed by atoms with van der Waals surface area (Å²) in [6.07, 6.45) is 0.923. The smallest absolute Gasteiger partial charge is 0.0585 e. The first-order chi connectivity index (χ1) is 6.77. The molecule has 0 aromatic heterocycles. The van der Waals surface area contributed by atoms with Crippen LogP contribution in [-0.4, -0.2) is 24.9 Å². The Kier molecular flexibility index (Phi) is 2.57. The molecule has 1 fully saturated rings. The van der Waals surface area contributed by atoms with E-state index in [1.165, 1.54) is 11.1 Å². The summed E-state index contributed by atoms with van der Waals surface area (Å²) in [5.41, 5.74) is 2.30. The molecule has 1 unspecified atom stereocenters. The molecule has 0 radical (unpaired) electrons. The molecular weight excluding hydrogens is 176 g/mol. The zero-order chi connectivity index (χ0) is 10.0. The van der Waals surface area contributed by atoms with E-state index in [1.54, 1.807) is 0 Å². The minimum atomic E-state index is -0.145. The maximum absolute atomic E-state index is 9.46. The number of ether oxygens (including phenoxy) is 1. The number of aliphatic hydroxyl groups excluding tert-OH is 1. The Balaban J connectivity index is 2.31. The van der Waals surface area contributed by atoms with Crippen molar-refractivity contribution in [3.8, 4) is 0 Å². The average Bonchev–Trinajstić information content (AvgIpc) is 2.68. The summed E-state index contributed by atoms with van der Waals surface area (Å²) in [7, 11) is 0. The monoisotopic (exact) mass is 192 g/mol. The second-order valence-corrected chi connectivity index (χ2v) is 4.11. The van der Waals surface area contributed by atoms with E-state index in [4.69, 9.17) is 4.74 Å². The van der Waals surface area contributed by atoms with Gasteiger partial charge in [-0.25, -0.2) is 0 Å². The molecule has 0 bridgehead atoms. The zero-order valence-electron chi connectivity index (χ0n) is 8.49. The van der Waals surface area contributed by atoms with Gasteiger partial charge in [0.2, 0.25) is 0 Å². The van der Waals surface area contributed by atoms with Crippen molar-refractivity contribution in [1.82, 2.24) is 0 Å². The highest BCUT2D eigenvalue weighted by Crippen LogP contribution is 2.32. The summed E-state index contributed by atoms with van der Waals surface area (Å²) in [6.45, 7) is 3.65. The van der Waals surface area contributed by atoms with Crippen LogP contribution in [0, 0.1) is 6.92 Å². The quantitative estimate of drug-likeness (QED) is 0.772. The minimum absolute atomic E-state index is 0.145. The Morgan fingerprint density at radius 1 is 1.36 bits per heavy atom. The van der Waals surface area contributed by atoms with E-state index in [0.29, 0.717) is 6.61 Å². The molecule has 76 valence electrons. The highest BCUT2D eigenvalue weighted by Gasteiger charge is 2.35. The fraction of sp³-hybridized carbons (Fsp3) is 0.500. The Bertz CT molecular complexity index is 297. The summed E-state index contributed by atoms with van der Waals surface area (Å²) in [6, 6.07) is 8.37. The highest BCUT2D eigenvalue weighted by atomic mass is 16.5. The Hall–Kier alpha value is -0.860. The van der Waals surface area contributed by atoms with Crippen molar-refractivity contribution in [2.75, 3.05) is 19.8 Å². The average molecular weight is 192 g/mol. The molecule has 1 aromatic rings. The van der Waals surface area contributed by atoms with Crippen LogP contribution in [-0.2, 0) is 10.2 Å². The molecule has 1 N–H and O–H groups in total. The van der Waals surface area contributed by atoms with E-state index < -0.39 is 0 Å². The van der Waals surface area contributed by atoms with Crippen molar-refractivity contribution in [1.29, 1.82) is 0 Å². The molecule has 0 aliphatic carbocycles. The number of hydrogen-bond donors (Lipinski definition) is 1. The molecule has 1 atom stereocenters. The standard InChI is InChI=1S/C12H16O2/c1-10-2-4-11(5-3-10)12(8-13)6-7-14-9-12/h2-5,13H,6-9H2,1H3. The van der Waals surface area contributed by atoms with E-state index in [-0.39, 0.29) is 12.0 Å². The van der Waals surface area contributed by atoms with Crippen LogP contribution in [0.15, 0.2) is 24.3 Å². The van der Waals surface area contributed by atoms with Gasteiger partial charge in [-0.3, -0.25) is 0 Å². The predicted octanol–water partition coefficient (Wildman–Crippen LogP) is 1.65. The molecule has 1 saturated heterocycles. The van der Waals surface area contributed by atoms with Gasteiger partial charge in [-0.2, -0.15) is 0 Å². The van der Waals surface area contributed by atoms with Gasteiger partial charge >= 0.3 is 0 Å². The van der Waals surface area contributed by atoms with Crippen LogP contribution in [0.2, 0.25) is 0 Å². The highest BCUT2D eigenvalue weighted by molar-refractivity contribution is 5.29. The maximum Gasteiger partial charge on any atom is 0.0585 e. The fourth-order valence-electron chi connectivity index (χ4n) is 1.96. The second kappa shape index (κ2) is 3.71. The zero-order valence-corrected chi connectivity index (χ0v) is 8.49. The van der Waals surface area contributed by atoms with Gasteiger partial charge in [0, 0.05) is 12.0 Å². The third kappa shape index (κ3) is 1.56. The van der Waals surface area contributed by atoms with E-state index in [2.05, 4.69) is 31.2 Å². The number of rotatable bonds is 2. The van der Waals surface area contributed by atoms with Crippen LogP contribution in [0.3, 0.4) is 0 Å². The lowest BCUT2D eigenvalue weighted by Crippen LogP contribution is -2.30. The normalized spacial score (nSPS) is 26.7. The third-order valence-corrected chi connectivity index (χ3v) is 3.07. The molecule has 1 aliphatic heterocycles. The molecule has 1 aliphatic rings. The SMILES string of the molecule is Cc1ccc(C2(CO)CCOC2)cc1. The van der Waals surface area contributed by atoms with Crippen molar-refractivity contribution in [3.63, 3.8) is 0 Å². The van der Waals surface area contributed by atoms with Crippen LogP contribution < -0.4 is 0 Å². The van der Waals surface area contributed by atoms with Gasteiger partial charge in [-0.1, -0.05) is 29.8 Å². The topological polar surface area (TPSA) is 29.5 Å². The van der Waals surface area contributed by atoms with Crippen LogP contribution in [0.25, 0.3) is 0 Å². The maximum atomic E-state index is 9.46. The molecule has 1 aromatic carbocycles. The van der Waals surface area contributed by atoms with Crippen LogP contribution >= 0.6 is 0 Å². The Morgan fingerprint density at radius 3 is 2.57 bits per heavy atom. The van der Waals surface area contributed by atoms with Gasteiger partial charge in [-0.05, 0) is 18.9 Å². The summed E-state index contributed by atoms with van der Waals surface area (Å²) in [5.74, 6) is 0. The van der Waals surface area contributed by atoms with Gasteiger partial charge in [0.05, 0.1) is 13.2 Å². The van der Waals surface area contributed by atoms with Crippen LogP contribution in [0.1, 0.15) is 17.5 Å². The van der Waals surface area contributed by atoms with Gasteiger partial charge in [0.15, 0.2) is 0 Å². The molecule has 2 rings (SSSR count). The van der Waals surface area contributed by atoms with Crippen molar-refractivity contribution in [2.24, 2.45) is 0 Å². The third-order valence-electron chi connectivity index (χ3n) is 3.07. The molecule has 1 heterocycles. The largest absolute Gasteiger partial charge is 0.395 e. The van der Waals surface area contributed by atoms with E-state index in [1.807, 2.05) is 0 Å². The molecule has 0 amide bonds. The van der Waals surface area contributed by atoms with Crippen molar-refractivity contribution < 1.29 is 9.84 Å². The van der Waals surface area contributed by atoms with Crippen molar-refractivity contribution in [3.05, 3.63) is 35.4 Å². The summed E-state index contributed by atoms with van der Waals surface area (Å²) in [5, 5.41) is 9.46. The van der Waals surface area contributed by atoms with Crippen LogP contribution in [0.5, 0.6) is 0 Å². The first-order valence-corrected chi connectivity index (χ1v) is 5.03. The van der Waals surface area contributed by atoms with E-state index >= 15 is 0 Å². The molecule has 2 nitrogen and oxygen atoms in total. The molecule has 0 spiro atoms. The summed E-state index contributed by atoms with van der Waals surface area (Å²) < 4.78 is 5.38. The lowest BCUT2D eigenvalue weighted by atomic mass is 9.80. The van der Waals surface area contributed by atoms with Gasteiger partial charge in [0.25, 0.3) is 0 Å². The summed E-state index contributed by atoms with van der Waals surface area (Å²) in [4.78, 5) is 0.